The molecule has 0 saturated carbocycles. The van der Waals surface area contributed by atoms with Crippen molar-refractivity contribution < 1.29 is 14.3 Å². The van der Waals surface area contributed by atoms with Gasteiger partial charge in [0.05, 0.1) is 7.11 Å². The summed E-state index contributed by atoms with van der Waals surface area (Å²) in [5.41, 5.74) is 0.435. The molecule has 1 saturated heterocycles. The standard InChI is InChI=1S/C17H22N4O3/c1-21-9-8-18-15(21)14-12(5-4-10-24-14)11-20-16(22)13-6-3-7-19-17(13)23-2/h3,6-9,12,14H,4-5,10-11H2,1-2H3,(H,20,22)/t12-,14+/m0/s1. The summed E-state index contributed by atoms with van der Waals surface area (Å²) in [5, 5.41) is 2.98. The quantitative estimate of drug-likeness (QED) is 0.903. The molecule has 1 amide bonds. The van der Waals surface area contributed by atoms with Gasteiger partial charge in [-0.05, 0) is 25.0 Å². The van der Waals surface area contributed by atoms with E-state index < -0.39 is 0 Å². The second kappa shape index (κ2) is 7.44. The molecule has 0 bridgehead atoms. The number of methoxy groups -OCH3 is 1. The lowest BCUT2D eigenvalue weighted by molar-refractivity contribution is -0.0337. The molecular weight excluding hydrogens is 308 g/mol. The lowest BCUT2D eigenvalue weighted by Crippen LogP contribution is -2.36. The van der Waals surface area contributed by atoms with Crippen LogP contribution in [0.15, 0.2) is 30.7 Å². The highest BCUT2D eigenvalue weighted by Gasteiger charge is 2.30. The molecule has 128 valence electrons. The third-order valence-electron chi connectivity index (χ3n) is 4.29. The van der Waals surface area contributed by atoms with E-state index in [1.807, 2.05) is 17.8 Å². The van der Waals surface area contributed by atoms with Crippen LogP contribution >= 0.6 is 0 Å². The van der Waals surface area contributed by atoms with E-state index in [4.69, 9.17) is 9.47 Å². The molecule has 0 aliphatic carbocycles. The summed E-state index contributed by atoms with van der Waals surface area (Å²) in [6.07, 6.45) is 7.14. The molecular formula is C17H22N4O3. The van der Waals surface area contributed by atoms with Gasteiger partial charge < -0.3 is 19.4 Å². The van der Waals surface area contributed by atoms with Crippen molar-refractivity contribution >= 4 is 5.91 Å². The zero-order chi connectivity index (χ0) is 16.9. The normalized spacial score (nSPS) is 20.6. The number of hydrogen-bond donors (Lipinski definition) is 1. The summed E-state index contributed by atoms with van der Waals surface area (Å²) >= 11 is 0. The Morgan fingerprint density at radius 1 is 1.46 bits per heavy atom. The van der Waals surface area contributed by atoms with Gasteiger partial charge in [-0.1, -0.05) is 0 Å². The highest BCUT2D eigenvalue weighted by atomic mass is 16.5. The van der Waals surface area contributed by atoms with Crippen LogP contribution in [-0.4, -0.2) is 40.7 Å². The minimum Gasteiger partial charge on any atom is -0.480 e. The maximum atomic E-state index is 12.4. The van der Waals surface area contributed by atoms with Crippen LogP contribution in [0.1, 0.15) is 35.1 Å². The van der Waals surface area contributed by atoms with Gasteiger partial charge in [0.1, 0.15) is 17.5 Å². The number of nitrogens with one attached hydrogen (secondary N) is 1. The number of carbonyl (C=O) groups is 1. The highest BCUT2D eigenvalue weighted by Crippen LogP contribution is 2.32. The maximum Gasteiger partial charge on any atom is 0.256 e. The van der Waals surface area contributed by atoms with Crippen LogP contribution < -0.4 is 10.1 Å². The van der Waals surface area contributed by atoms with Gasteiger partial charge in [-0.2, -0.15) is 0 Å². The predicted octanol–water partition coefficient (Wildman–Crippen LogP) is 1.72. The summed E-state index contributed by atoms with van der Waals surface area (Å²) in [6, 6.07) is 3.42. The Balaban J connectivity index is 1.68. The van der Waals surface area contributed by atoms with E-state index in [0.717, 1.165) is 25.3 Å². The van der Waals surface area contributed by atoms with Crippen LogP contribution in [0.5, 0.6) is 5.88 Å². The number of aryl methyl sites for hydroxylation is 1. The second-order valence-corrected chi connectivity index (χ2v) is 5.86. The van der Waals surface area contributed by atoms with Crippen molar-refractivity contribution in [2.75, 3.05) is 20.3 Å². The van der Waals surface area contributed by atoms with Crippen molar-refractivity contribution in [2.45, 2.75) is 18.9 Å². The molecule has 0 radical (unpaired) electrons. The Kier molecular flexibility index (Phi) is 5.10. The SMILES string of the molecule is COc1ncccc1C(=O)NC[C@@H]1CCCO[C@H]1c1nccn1C. The van der Waals surface area contributed by atoms with Crippen molar-refractivity contribution in [2.24, 2.45) is 13.0 Å². The Morgan fingerprint density at radius 3 is 3.08 bits per heavy atom. The second-order valence-electron chi connectivity index (χ2n) is 5.86. The van der Waals surface area contributed by atoms with Crippen molar-refractivity contribution in [1.82, 2.24) is 19.9 Å². The third kappa shape index (κ3) is 3.41. The van der Waals surface area contributed by atoms with E-state index in [-0.39, 0.29) is 17.9 Å². The monoisotopic (exact) mass is 330 g/mol. The number of nitrogens with zero attached hydrogens (tertiary/aromatic N) is 3. The molecule has 0 aromatic carbocycles. The summed E-state index contributed by atoms with van der Waals surface area (Å²) in [4.78, 5) is 20.9. The van der Waals surface area contributed by atoms with Crippen molar-refractivity contribution in [3.63, 3.8) is 0 Å². The number of ether oxygens (including phenoxy) is 2. The number of rotatable bonds is 5. The van der Waals surface area contributed by atoms with E-state index in [1.165, 1.54) is 7.11 Å². The number of imidazole rings is 1. The molecule has 7 heteroatoms. The Labute approximate surface area is 141 Å². The molecule has 1 N–H and O–H groups in total. The molecule has 7 nitrogen and oxygen atoms in total. The Hall–Kier alpha value is -2.41. The third-order valence-corrected chi connectivity index (χ3v) is 4.29. The first kappa shape index (κ1) is 16.4. The van der Waals surface area contributed by atoms with Gasteiger partial charge in [-0.15, -0.1) is 0 Å². The summed E-state index contributed by atoms with van der Waals surface area (Å²) in [5.74, 6) is 1.22. The molecule has 3 heterocycles. The molecule has 0 unspecified atom stereocenters. The van der Waals surface area contributed by atoms with Crippen LogP contribution in [0.25, 0.3) is 0 Å². The first-order chi connectivity index (χ1) is 11.7. The molecule has 1 fully saturated rings. The molecule has 2 aromatic rings. The van der Waals surface area contributed by atoms with Gasteiger partial charge >= 0.3 is 0 Å². The van der Waals surface area contributed by atoms with Gasteiger partial charge in [0.2, 0.25) is 5.88 Å². The fourth-order valence-electron chi connectivity index (χ4n) is 3.03. The lowest BCUT2D eigenvalue weighted by Gasteiger charge is -2.31. The number of hydrogen-bond acceptors (Lipinski definition) is 5. The molecule has 1 aliphatic heterocycles. The van der Waals surface area contributed by atoms with Gasteiger partial charge in [-0.25, -0.2) is 9.97 Å². The molecule has 24 heavy (non-hydrogen) atoms. The minimum absolute atomic E-state index is 0.102. The van der Waals surface area contributed by atoms with E-state index in [1.54, 1.807) is 24.5 Å². The lowest BCUT2D eigenvalue weighted by atomic mass is 9.93. The maximum absolute atomic E-state index is 12.4. The number of pyridine rings is 1. The number of carbonyl (C=O) groups excluding carboxylic acids is 1. The van der Waals surface area contributed by atoms with Crippen LogP contribution in [0, 0.1) is 5.92 Å². The highest BCUT2D eigenvalue weighted by molar-refractivity contribution is 5.96. The Bertz CT molecular complexity index is 701. The smallest absolute Gasteiger partial charge is 0.256 e. The minimum atomic E-state index is -0.191. The summed E-state index contributed by atoms with van der Waals surface area (Å²) in [6.45, 7) is 1.24. The zero-order valence-corrected chi connectivity index (χ0v) is 13.9. The van der Waals surface area contributed by atoms with E-state index in [0.29, 0.717) is 18.0 Å². The van der Waals surface area contributed by atoms with Gasteiger partial charge in [0.25, 0.3) is 5.91 Å². The molecule has 0 spiro atoms. The fourth-order valence-corrected chi connectivity index (χ4v) is 3.03. The van der Waals surface area contributed by atoms with E-state index in [2.05, 4.69) is 15.3 Å². The van der Waals surface area contributed by atoms with Gasteiger partial charge in [0.15, 0.2) is 0 Å². The van der Waals surface area contributed by atoms with Crippen molar-refractivity contribution in [3.05, 3.63) is 42.1 Å². The topological polar surface area (TPSA) is 78.3 Å². The Morgan fingerprint density at radius 2 is 2.33 bits per heavy atom. The van der Waals surface area contributed by atoms with Gasteiger partial charge in [-0.3, -0.25) is 4.79 Å². The zero-order valence-electron chi connectivity index (χ0n) is 13.9. The van der Waals surface area contributed by atoms with Crippen LogP contribution in [0.3, 0.4) is 0 Å². The first-order valence-corrected chi connectivity index (χ1v) is 8.06. The molecule has 2 aromatic heterocycles. The van der Waals surface area contributed by atoms with Gasteiger partial charge in [0, 0.05) is 44.7 Å². The van der Waals surface area contributed by atoms with Crippen LogP contribution in [0.4, 0.5) is 0 Å². The number of amides is 1. The van der Waals surface area contributed by atoms with Crippen LogP contribution in [0.2, 0.25) is 0 Å². The van der Waals surface area contributed by atoms with Crippen LogP contribution in [-0.2, 0) is 11.8 Å². The molecule has 1 aliphatic rings. The number of aromatic nitrogens is 3. The van der Waals surface area contributed by atoms with Crippen molar-refractivity contribution in [3.8, 4) is 5.88 Å². The first-order valence-electron chi connectivity index (χ1n) is 8.06. The average molecular weight is 330 g/mol. The molecule has 2 atom stereocenters. The molecule has 3 rings (SSSR count). The summed E-state index contributed by atoms with van der Waals surface area (Å²) in [7, 11) is 3.46. The van der Waals surface area contributed by atoms with Crippen molar-refractivity contribution in [1.29, 1.82) is 0 Å². The van der Waals surface area contributed by atoms with E-state index in [9.17, 15) is 4.79 Å². The van der Waals surface area contributed by atoms with E-state index >= 15 is 0 Å². The predicted molar refractivity (Wildman–Crippen MR) is 87.7 cm³/mol. The fraction of sp³-hybridized carbons (Fsp3) is 0.471. The summed E-state index contributed by atoms with van der Waals surface area (Å²) < 4.78 is 13.0. The largest absolute Gasteiger partial charge is 0.480 e. The average Bonchev–Trinajstić information content (AvgIpc) is 3.05.